The smallest absolute Gasteiger partial charge is 0.308 e. The molecule has 1 aliphatic heterocycles. The van der Waals surface area contributed by atoms with Crippen molar-refractivity contribution in [1.29, 1.82) is 0 Å². The van der Waals surface area contributed by atoms with E-state index >= 15 is 0 Å². The molecule has 0 unspecified atom stereocenters. The predicted octanol–water partition coefficient (Wildman–Crippen LogP) is 1.89. The Hall–Kier alpha value is -1.60. The maximum absolute atomic E-state index is 12.9. The maximum Gasteiger partial charge on any atom is 0.308 e. The summed E-state index contributed by atoms with van der Waals surface area (Å²) in [5.74, 6) is 0.159. The molecule has 7 heteroatoms. The summed E-state index contributed by atoms with van der Waals surface area (Å²) in [6.07, 6.45) is 0.973. The Morgan fingerprint density at radius 2 is 1.65 bits per heavy atom. The van der Waals surface area contributed by atoms with E-state index in [1.54, 1.807) is 33.1 Å². The van der Waals surface area contributed by atoms with Gasteiger partial charge in [-0.1, -0.05) is 0 Å². The predicted molar refractivity (Wildman–Crippen MR) is 86.0 cm³/mol. The Bertz CT molecular complexity index is 667. The molecule has 23 heavy (non-hydrogen) atoms. The largest absolute Gasteiger partial charge is 0.497 e. The van der Waals surface area contributed by atoms with Crippen LogP contribution in [0.25, 0.3) is 0 Å². The Balaban J connectivity index is 2.25. The van der Waals surface area contributed by atoms with Gasteiger partial charge in [-0.25, -0.2) is 8.42 Å². The molecule has 0 saturated carbocycles. The van der Waals surface area contributed by atoms with E-state index < -0.39 is 10.0 Å². The van der Waals surface area contributed by atoms with E-state index in [4.69, 9.17) is 9.47 Å². The fourth-order valence-corrected chi connectivity index (χ4v) is 4.94. The fourth-order valence-electron chi connectivity index (χ4n) is 3.06. The lowest BCUT2D eigenvalue weighted by molar-refractivity contribution is -0.146. The van der Waals surface area contributed by atoms with Crippen molar-refractivity contribution >= 4 is 16.0 Å². The van der Waals surface area contributed by atoms with Crippen molar-refractivity contribution in [2.24, 2.45) is 5.92 Å². The summed E-state index contributed by atoms with van der Waals surface area (Å²) in [6.45, 7) is 4.19. The second-order valence-corrected chi connectivity index (χ2v) is 7.67. The minimum atomic E-state index is -3.58. The highest BCUT2D eigenvalue weighted by Gasteiger charge is 2.34. The van der Waals surface area contributed by atoms with Crippen molar-refractivity contribution < 1.29 is 22.7 Å². The lowest BCUT2D eigenvalue weighted by Gasteiger charge is -2.30. The van der Waals surface area contributed by atoms with Gasteiger partial charge in [-0.3, -0.25) is 4.79 Å². The van der Waals surface area contributed by atoms with E-state index in [1.165, 1.54) is 11.4 Å². The molecule has 0 spiro atoms. The third kappa shape index (κ3) is 3.50. The summed E-state index contributed by atoms with van der Waals surface area (Å²) in [5, 5.41) is 0. The molecule has 6 nitrogen and oxygen atoms in total. The van der Waals surface area contributed by atoms with Crippen LogP contribution >= 0.6 is 0 Å². The molecule has 0 amide bonds. The number of methoxy groups -OCH3 is 2. The van der Waals surface area contributed by atoms with Crippen LogP contribution < -0.4 is 4.74 Å². The topological polar surface area (TPSA) is 72.9 Å². The van der Waals surface area contributed by atoms with Gasteiger partial charge in [0.1, 0.15) is 5.75 Å². The maximum atomic E-state index is 12.9. The van der Waals surface area contributed by atoms with Crippen LogP contribution in [0.2, 0.25) is 0 Å². The fraction of sp³-hybridized carbons (Fsp3) is 0.562. The minimum Gasteiger partial charge on any atom is -0.497 e. The van der Waals surface area contributed by atoms with Crippen molar-refractivity contribution in [3.63, 3.8) is 0 Å². The van der Waals surface area contributed by atoms with E-state index in [-0.39, 0.29) is 11.9 Å². The summed E-state index contributed by atoms with van der Waals surface area (Å²) in [5.41, 5.74) is 1.33. The van der Waals surface area contributed by atoms with Crippen molar-refractivity contribution in [2.45, 2.75) is 31.6 Å². The molecule has 1 aromatic carbocycles. The number of hydrogen-bond donors (Lipinski definition) is 0. The summed E-state index contributed by atoms with van der Waals surface area (Å²) < 4.78 is 37.3. The number of rotatable bonds is 4. The first kappa shape index (κ1) is 17.7. The standard InChI is InChI=1S/C16H23NO5S/c1-11-9-14(21-3)10-12(2)15(11)23(19,20)17-7-5-13(6-8-17)16(18)22-4/h9-10,13H,5-8H2,1-4H3. The highest BCUT2D eigenvalue weighted by molar-refractivity contribution is 7.89. The van der Waals surface area contributed by atoms with Gasteiger partial charge >= 0.3 is 5.97 Å². The van der Waals surface area contributed by atoms with Gasteiger partial charge in [-0.15, -0.1) is 0 Å². The number of ether oxygens (including phenoxy) is 2. The van der Waals surface area contributed by atoms with Crippen LogP contribution in [0.15, 0.2) is 17.0 Å². The van der Waals surface area contributed by atoms with Crippen LogP contribution in [0.3, 0.4) is 0 Å². The zero-order valence-electron chi connectivity index (χ0n) is 14.0. The van der Waals surface area contributed by atoms with Crippen LogP contribution in [0.4, 0.5) is 0 Å². The molecule has 0 bridgehead atoms. The number of sulfonamides is 1. The van der Waals surface area contributed by atoms with Gasteiger partial charge in [0, 0.05) is 13.1 Å². The molecular formula is C16H23NO5S. The molecule has 1 saturated heterocycles. The quantitative estimate of drug-likeness (QED) is 0.782. The van der Waals surface area contributed by atoms with Crippen molar-refractivity contribution in [2.75, 3.05) is 27.3 Å². The van der Waals surface area contributed by atoms with Crippen LogP contribution in [0, 0.1) is 19.8 Å². The number of esters is 1. The van der Waals surface area contributed by atoms with Crippen molar-refractivity contribution in [1.82, 2.24) is 4.31 Å². The van der Waals surface area contributed by atoms with Gasteiger partial charge in [0.15, 0.2) is 0 Å². The first-order chi connectivity index (χ1) is 10.8. The number of benzene rings is 1. The number of aryl methyl sites for hydroxylation is 2. The number of carbonyl (C=O) groups is 1. The highest BCUT2D eigenvalue weighted by atomic mass is 32.2. The van der Waals surface area contributed by atoms with Gasteiger partial charge in [0.25, 0.3) is 0 Å². The van der Waals surface area contributed by atoms with Gasteiger partial charge in [-0.05, 0) is 49.9 Å². The lowest BCUT2D eigenvalue weighted by Crippen LogP contribution is -2.40. The number of nitrogens with zero attached hydrogens (tertiary/aromatic N) is 1. The number of carbonyl (C=O) groups excluding carboxylic acids is 1. The molecule has 0 radical (unpaired) electrons. The lowest BCUT2D eigenvalue weighted by atomic mass is 9.99. The Morgan fingerprint density at radius 3 is 2.09 bits per heavy atom. The van der Waals surface area contributed by atoms with Crippen LogP contribution in [0.1, 0.15) is 24.0 Å². The minimum absolute atomic E-state index is 0.218. The van der Waals surface area contributed by atoms with Crippen molar-refractivity contribution in [3.05, 3.63) is 23.3 Å². The van der Waals surface area contributed by atoms with Crippen LogP contribution in [0.5, 0.6) is 5.75 Å². The van der Waals surface area contributed by atoms with Crippen LogP contribution in [-0.4, -0.2) is 46.0 Å². The molecule has 0 aromatic heterocycles. The van der Waals surface area contributed by atoms with Gasteiger partial charge in [0.05, 0.1) is 25.0 Å². The number of hydrogen-bond acceptors (Lipinski definition) is 5. The third-order valence-electron chi connectivity index (χ3n) is 4.26. The zero-order chi connectivity index (χ0) is 17.2. The second kappa shape index (κ2) is 6.88. The molecule has 1 fully saturated rings. The van der Waals surface area contributed by atoms with Gasteiger partial charge < -0.3 is 9.47 Å². The van der Waals surface area contributed by atoms with E-state index in [1.807, 2.05) is 0 Å². The Kier molecular flexibility index (Phi) is 5.31. The molecule has 1 heterocycles. The Labute approximate surface area is 137 Å². The number of piperidine rings is 1. The van der Waals surface area contributed by atoms with E-state index in [2.05, 4.69) is 0 Å². The van der Waals surface area contributed by atoms with E-state index in [0.717, 1.165) is 0 Å². The molecular weight excluding hydrogens is 318 g/mol. The highest BCUT2D eigenvalue weighted by Crippen LogP contribution is 2.30. The average molecular weight is 341 g/mol. The molecule has 0 aliphatic carbocycles. The van der Waals surface area contributed by atoms with Crippen molar-refractivity contribution in [3.8, 4) is 5.75 Å². The third-order valence-corrected chi connectivity index (χ3v) is 6.46. The zero-order valence-corrected chi connectivity index (χ0v) is 14.8. The SMILES string of the molecule is COC(=O)C1CCN(S(=O)(=O)c2c(C)cc(OC)cc2C)CC1. The van der Waals surface area contributed by atoms with E-state index in [9.17, 15) is 13.2 Å². The first-order valence-electron chi connectivity index (χ1n) is 7.54. The second-order valence-electron chi connectivity index (χ2n) is 5.79. The molecule has 0 N–H and O–H groups in total. The molecule has 0 atom stereocenters. The normalized spacial score (nSPS) is 17.0. The summed E-state index contributed by atoms with van der Waals surface area (Å²) in [4.78, 5) is 11.9. The molecule has 128 valence electrons. The first-order valence-corrected chi connectivity index (χ1v) is 8.98. The summed E-state index contributed by atoms with van der Waals surface area (Å²) >= 11 is 0. The summed E-state index contributed by atoms with van der Waals surface area (Å²) in [7, 11) is -0.666. The van der Waals surface area contributed by atoms with Gasteiger partial charge in [-0.2, -0.15) is 4.31 Å². The Morgan fingerprint density at radius 1 is 1.13 bits per heavy atom. The molecule has 2 rings (SSSR count). The monoisotopic (exact) mass is 341 g/mol. The molecule has 1 aliphatic rings. The van der Waals surface area contributed by atoms with Crippen LogP contribution in [-0.2, 0) is 19.6 Å². The van der Waals surface area contributed by atoms with E-state index in [0.29, 0.717) is 47.7 Å². The average Bonchev–Trinajstić information content (AvgIpc) is 2.53. The summed E-state index contributed by atoms with van der Waals surface area (Å²) in [6, 6.07) is 3.45. The van der Waals surface area contributed by atoms with Gasteiger partial charge in [0.2, 0.25) is 10.0 Å². The molecule has 1 aromatic rings.